The molecule has 0 heterocycles. The molecule has 0 saturated carbocycles. The zero-order chi connectivity index (χ0) is 5.86. The van der Waals surface area contributed by atoms with Crippen LogP contribution < -0.4 is 0 Å². The van der Waals surface area contributed by atoms with Crippen LogP contribution in [0.2, 0.25) is 0 Å². The summed E-state index contributed by atoms with van der Waals surface area (Å²) < 4.78 is 32.7. The monoisotopic (exact) mass is 106 g/mol. The van der Waals surface area contributed by atoms with Crippen LogP contribution in [-0.2, 0) is 0 Å². The predicted octanol–water partition coefficient (Wildman–Crippen LogP) is 1.70. The average molecular weight is 106 g/mol. The summed E-state index contributed by atoms with van der Waals surface area (Å²) in [6.45, 7) is 0. The number of terminal acetylenes is 1. The van der Waals surface area contributed by atoms with Crippen molar-refractivity contribution in [3.63, 3.8) is 0 Å². The van der Waals surface area contributed by atoms with Gasteiger partial charge in [0.25, 0.3) is 0 Å². The van der Waals surface area contributed by atoms with Gasteiger partial charge in [0.2, 0.25) is 5.83 Å². The molecule has 3 heteroatoms. The Hall–Kier alpha value is -0.910. The Kier molecular flexibility index (Phi) is 2.00. The van der Waals surface area contributed by atoms with Crippen molar-refractivity contribution in [1.29, 1.82) is 0 Å². The number of hydrogen-bond donors (Lipinski definition) is 0. The SMILES string of the molecule is C#CC(F)=C(F)F. The molecule has 0 bridgehead atoms. The Morgan fingerprint density at radius 1 is 1.29 bits per heavy atom. The smallest absolute Gasteiger partial charge is 0.191 e. The number of halogens is 3. The maximum atomic E-state index is 11.1. The van der Waals surface area contributed by atoms with Crippen LogP contribution in [0.4, 0.5) is 13.2 Å². The van der Waals surface area contributed by atoms with Gasteiger partial charge in [0.15, 0.2) is 0 Å². The molecule has 0 aliphatic heterocycles. The van der Waals surface area contributed by atoms with E-state index in [2.05, 4.69) is 6.42 Å². The van der Waals surface area contributed by atoms with E-state index < -0.39 is 11.9 Å². The molecule has 7 heavy (non-hydrogen) atoms. The van der Waals surface area contributed by atoms with Crippen LogP contribution in [-0.4, -0.2) is 0 Å². The molecule has 0 unspecified atom stereocenters. The maximum absolute atomic E-state index is 11.1. The first kappa shape index (κ1) is 6.09. The van der Waals surface area contributed by atoms with Crippen LogP contribution >= 0.6 is 0 Å². The first-order chi connectivity index (χ1) is 3.18. The minimum absolute atomic E-state index is 1.13. The molecule has 0 amide bonds. The van der Waals surface area contributed by atoms with Crippen LogP contribution in [0.3, 0.4) is 0 Å². The van der Waals surface area contributed by atoms with E-state index in [9.17, 15) is 13.2 Å². The fraction of sp³-hybridized carbons (Fsp3) is 0. The van der Waals surface area contributed by atoms with Crippen molar-refractivity contribution in [3.05, 3.63) is 11.9 Å². The maximum Gasteiger partial charge on any atom is 0.314 e. The van der Waals surface area contributed by atoms with Crippen molar-refractivity contribution < 1.29 is 13.2 Å². The van der Waals surface area contributed by atoms with Crippen molar-refractivity contribution in [3.8, 4) is 12.3 Å². The lowest BCUT2D eigenvalue weighted by Crippen LogP contribution is -1.64. The van der Waals surface area contributed by atoms with E-state index in [1.165, 1.54) is 0 Å². The molecular formula is C4HF3. The summed E-state index contributed by atoms with van der Waals surface area (Å²) >= 11 is 0. The van der Waals surface area contributed by atoms with Crippen molar-refractivity contribution in [2.75, 3.05) is 0 Å². The van der Waals surface area contributed by atoms with Gasteiger partial charge in [-0.25, -0.2) is 0 Å². The van der Waals surface area contributed by atoms with E-state index in [1.54, 1.807) is 0 Å². The van der Waals surface area contributed by atoms with Crippen molar-refractivity contribution >= 4 is 0 Å². The largest absolute Gasteiger partial charge is 0.314 e. The summed E-state index contributed by atoms with van der Waals surface area (Å²) in [4.78, 5) is 0. The second-order valence-electron chi connectivity index (χ2n) is 0.719. The predicted molar refractivity (Wildman–Crippen MR) is 19.2 cm³/mol. The highest BCUT2D eigenvalue weighted by Gasteiger charge is 1.96. The summed E-state index contributed by atoms with van der Waals surface area (Å²) in [6.07, 6.45) is 1.77. The molecule has 0 atom stereocenters. The molecule has 38 valence electrons. The van der Waals surface area contributed by atoms with Gasteiger partial charge in [-0.1, -0.05) is 0 Å². The number of hydrogen-bond acceptors (Lipinski definition) is 0. The minimum Gasteiger partial charge on any atom is -0.191 e. The first-order valence-electron chi connectivity index (χ1n) is 1.36. The third-order valence-electron chi connectivity index (χ3n) is 0.293. The zero-order valence-corrected chi connectivity index (χ0v) is 3.21. The lowest BCUT2D eigenvalue weighted by molar-refractivity contribution is 0.389. The molecule has 0 aromatic rings. The fourth-order valence-corrected chi connectivity index (χ4v) is 0.0546. The van der Waals surface area contributed by atoms with Crippen LogP contribution in [0.15, 0.2) is 11.9 Å². The fourth-order valence-electron chi connectivity index (χ4n) is 0.0546. The Morgan fingerprint density at radius 2 is 1.71 bits per heavy atom. The van der Waals surface area contributed by atoms with E-state index >= 15 is 0 Å². The standard InChI is InChI=1S/C4HF3/c1-2-3(5)4(6)7/h1H. The quantitative estimate of drug-likeness (QED) is 0.412. The lowest BCUT2D eigenvalue weighted by Gasteiger charge is -1.73. The van der Waals surface area contributed by atoms with Gasteiger partial charge in [0.05, 0.1) is 0 Å². The topological polar surface area (TPSA) is 0 Å². The van der Waals surface area contributed by atoms with Gasteiger partial charge in [0, 0.05) is 0 Å². The van der Waals surface area contributed by atoms with E-state index in [4.69, 9.17) is 0 Å². The molecule has 0 fully saturated rings. The summed E-state index contributed by atoms with van der Waals surface area (Å²) in [7, 11) is 0. The molecule has 0 aliphatic rings. The Labute approximate surface area is 38.6 Å². The highest BCUT2D eigenvalue weighted by molar-refractivity contribution is 5.17. The van der Waals surface area contributed by atoms with E-state index in [0.29, 0.717) is 0 Å². The Balaban J connectivity index is 4.07. The van der Waals surface area contributed by atoms with Gasteiger partial charge < -0.3 is 0 Å². The third-order valence-corrected chi connectivity index (χ3v) is 0.293. The van der Waals surface area contributed by atoms with Crippen LogP contribution in [0.25, 0.3) is 0 Å². The van der Waals surface area contributed by atoms with Gasteiger partial charge in [-0.15, -0.1) is 6.42 Å². The van der Waals surface area contributed by atoms with Crippen LogP contribution in [0.5, 0.6) is 0 Å². The molecule has 0 aromatic heterocycles. The second kappa shape index (κ2) is 2.30. The van der Waals surface area contributed by atoms with Gasteiger partial charge in [-0.2, -0.15) is 13.2 Å². The lowest BCUT2D eigenvalue weighted by atomic mass is 10.6. The van der Waals surface area contributed by atoms with Gasteiger partial charge in [-0.3, -0.25) is 0 Å². The van der Waals surface area contributed by atoms with Crippen molar-refractivity contribution in [2.45, 2.75) is 0 Å². The summed E-state index contributed by atoms with van der Waals surface area (Å²) in [6, 6.07) is 0. The van der Waals surface area contributed by atoms with Gasteiger partial charge in [0.1, 0.15) is 0 Å². The molecule has 0 nitrogen and oxygen atoms in total. The van der Waals surface area contributed by atoms with Crippen molar-refractivity contribution in [2.24, 2.45) is 0 Å². The molecule has 0 radical (unpaired) electrons. The Morgan fingerprint density at radius 3 is 1.71 bits per heavy atom. The number of rotatable bonds is 0. The summed E-state index contributed by atoms with van der Waals surface area (Å²) in [5.74, 6) is -0.664. The molecule has 0 aliphatic carbocycles. The molecular weight excluding hydrogens is 105 g/mol. The molecule has 0 rings (SSSR count). The van der Waals surface area contributed by atoms with E-state index in [-0.39, 0.29) is 0 Å². The zero-order valence-electron chi connectivity index (χ0n) is 3.21. The number of allylic oxidation sites excluding steroid dienone is 1. The first-order valence-corrected chi connectivity index (χ1v) is 1.36. The third kappa shape index (κ3) is 1.88. The molecule has 0 N–H and O–H groups in total. The van der Waals surface area contributed by atoms with Gasteiger partial charge >= 0.3 is 6.08 Å². The highest BCUT2D eigenvalue weighted by atomic mass is 19.3. The summed E-state index contributed by atoms with van der Waals surface area (Å²) in [5, 5.41) is 0. The van der Waals surface area contributed by atoms with Crippen LogP contribution in [0.1, 0.15) is 0 Å². The van der Waals surface area contributed by atoms with Crippen molar-refractivity contribution in [1.82, 2.24) is 0 Å². The Bertz CT molecular complexity index is 124. The highest BCUT2D eigenvalue weighted by Crippen LogP contribution is 2.05. The minimum atomic E-state index is -2.44. The van der Waals surface area contributed by atoms with E-state index in [0.717, 1.165) is 5.92 Å². The van der Waals surface area contributed by atoms with Crippen LogP contribution in [0, 0.1) is 12.3 Å². The average Bonchev–Trinajstić information content (AvgIpc) is 1.65. The summed E-state index contributed by atoms with van der Waals surface area (Å²) in [5.41, 5.74) is 0. The second-order valence-corrected chi connectivity index (χ2v) is 0.719. The molecule has 0 saturated heterocycles. The van der Waals surface area contributed by atoms with E-state index in [1.807, 2.05) is 0 Å². The molecule has 0 spiro atoms. The van der Waals surface area contributed by atoms with Gasteiger partial charge in [-0.05, 0) is 5.92 Å². The molecule has 0 aromatic carbocycles. The normalized spacial score (nSPS) is 7.14.